The lowest BCUT2D eigenvalue weighted by atomic mass is 10.3. The maximum absolute atomic E-state index is 11.6. The first-order valence-electron chi connectivity index (χ1n) is 4.42. The first kappa shape index (κ1) is 10.9. The maximum Gasteiger partial charge on any atom is 0.127 e. The Morgan fingerprint density at radius 2 is 2.36 bits per heavy atom. The predicted molar refractivity (Wildman–Crippen MR) is 55.1 cm³/mol. The molecule has 3 nitrogen and oxygen atoms in total. The van der Waals surface area contributed by atoms with Gasteiger partial charge in [-0.05, 0) is 25.0 Å². The van der Waals surface area contributed by atoms with Crippen molar-refractivity contribution in [1.29, 1.82) is 5.26 Å². The molecule has 1 rings (SSSR count). The van der Waals surface area contributed by atoms with Crippen LogP contribution in [-0.2, 0) is 10.8 Å². The summed E-state index contributed by atoms with van der Waals surface area (Å²) in [6.45, 7) is 1.94. The van der Waals surface area contributed by atoms with Crippen molar-refractivity contribution in [2.24, 2.45) is 0 Å². The standard InChI is InChI=1S/C10H12N2OS/c1-9-4-5-10(12-8-9)14(13)7-3-2-6-11/h4-5,8H,2-3,7H2,1H3/t14-/m1/s1. The molecule has 0 aromatic carbocycles. The second-order valence-electron chi connectivity index (χ2n) is 2.99. The summed E-state index contributed by atoms with van der Waals surface area (Å²) in [5, 5.41) is 8.93. The van der Waals surface area contributed by atoms with Crippen LogP contribution in [0.3, 0.4) is 0 Å². The lowest BCUT2D eigenvalue weighted by Gasteiger charge is -1.99. The largest absolute Gasteiger partial charge is 0.253 e. The minimum absolute atomic E-state index is 0.456. The molecule has 0 radical (unpaired) electrons. The molecule has 0 amide bonds. The van der Waals surface area contributed by atoms with Gasteiger partial charge in [0.25, 0.3) is 0 Å². The van der Waals surface area contributed by atoms with Gasteiger partial charge >= 0.3 is 0 Å². The number of unbranched alkanes of at least 4 members (excludes halogenated alkanes) is 1. The Morgan fingerprint density at radius 1 is 1.57 bits per heavy atom. The molecule has 0 bridgehead atoms. The van der Waals surface area contributed by atoms with Gasteiger partial charge in [-0.25, -0.2) is 4.98 Å². The van der Waals surface area contributed by atoms with E-state index in [1.165, 1.54) is 0 Å². The molecule has 74 valence electrons. The van der Waals surface area contributed by atoms with Crippen molar-refractivity contribution < 1.29 is 4.21 Å². The van der Waals surface area contributed by atoms with Crippen LogP contribution in [0.25, 0.3) is 0 Å². The SMILES string of the molecule is Cc1ccc([S@](=O)CCCC#N)nc1. The van der Waals surface area contributed by atoms with Gasteiger partial charge in [-0.1, -0.05) is 6.07 Å². The van der Waals surface area contributed by atoms with Crippen molar-refractivity contribution in [1.82, 2.24) is 4.98 Å². The number of aryl methyl sites for hydroxylation is 1. The molecular weight excluding hydrogens is 196 g/mol. The Labute approximate surface area is 86.2 Å². The van der Waals surface area contributed by atoms with Crippen LogP contribution in [0.1, 0.15) is 18.4 Å². The minimum atomic E-state index is -1.06. The lowest BCUT2D eigenvalue weighted by molar-refractivity contribution is 0.678. The highest BCUT2D eigenvalue weighted by atomic mass is 32.2. The Kier molecular flexibility index (Phi) is 4.27. The third-order valence-electron chi connectivity index (χ3n) is 1.74. The van der Waals surface area contributed by atoms with Gasteiger partial charge < -0.3 is 0 Å². The van der Waals surface area contributed by atoms with Gasteiger partial charge in [0.15, 0.2) is 0 Å². The van der Waals surface area contributed by atoms with E-state index in [2.05, 4.69) is 4.98 Å². The number of aromatic nitrogens is 1. The van der Waals surface area contributed by atoms with E-state index >= 15 is 0 Å². The van der Waals surface area contributed by atoms with E-state index in [1.54, 1.807) is 12.3 Å². The first-order valence-corrected chi connectivity index (χ1v) is 5.74. The normalized spacial score (nSPS) is 12.0. The second-order valence-corrected chi connectivity index (χ2v) is 4.50. The fourth-order valence-electron chi connectivity index (χ4n) is 0.976. The Balaban J connectivity index is 2.53. The smallest absolute Gasteiger partial charge is 0.127 e. The van der Waals surface area contributed by atoms with Crippen molar-refractivity contribution in [2.75, 3.05) is 5.75 Å². The summed E-state index contributed by atoms with van der Waals surface area (Å²) in [6, 6.07) is 5.70. The fraction of sp³-hybridized carbons (Fsp3) is 0.400. The topological polar surface area (TPSA) is 53.8 Å². The zero-order chi connectivity index (χ0) is 10.4. The Morgan fingerprint density at radius 3 is 2.93 bits per heavy atom. The number of nitrogens with zero attached hydrogens (tertiary/aromatic N) is 2. The van der Waals surface area contributed by atoms with Crippen LogP contribution in [0.2, 0.25) is 0 Å². The highest BCUT2D eigenvalue weighted by Gasteiger charge is 2.03. The van der Waals surface area contributed by atoms with E-state index in [0.29, 0.717) is 23.6 Å². The van der Waals surface area contributed by atoms with Gasteiger partial charge in [0.05, 0.1) is 16.9 Å². The van der Waals surface area contributed by atoms with Crippen molar-refractivity contribution in [3.8, 4) is 6.07 Å². The van der Waals surface area contributed by atoms with Crippen molar-refractivity contribution >= 4 is 10.8 Å². The molecular formula is C10H12N2OS. The molecule has 14 heavy (non-hydrogen) atoms. The van der Waals surface area contributed by atoms with Crippen molar-refractivity contribution in [3.63, 3.8) is 0 Å². The van der Waals surface area contributed by atoms with Gasteiger partial charge in [0, 0.05) is 18.4 Å². The molecule has 1 heterocycles. The summed E-state index contributed by atoms with van der Waals surface area (Å²) in [6.07, 6.45) is 2.83. The molecule has 0 aliphatic heterocycles. The predicted octanol–water partition coefficient (Wildman–Crippen LogP) is 1.80. The van der Waals surface area contributed by atoms with Crippen LogP contribution in [0, 0.1) is 18.3 Å². The quantitative estimate of drug-likeness (QED) is 0.709. The van der Waals surface area contributed by atoms with Crippen LogP contribution >= 0.6 is 0 Å². The maximum atomic E-state index is 11.6. The monoisotopic (exact) mass is 208 g/mol. The molecule has 0 N–H and O–H groups in total. The van der Waals surface area contributed by atoms with E-state index in [1.807, 2.05) is 19.1 Å². The molecule has 0 spiro atoms. The summed E-state index contributed by atoms with van der Waals surface area (Å²) < 4.78 is 11.6. The third-order valence-corrected chi connectivity index (χ3v) is 3.10. The molecule has 0 saturated carbocycles. The summed E-state index contributed by atoms with van der Waals surface area (Å²) in [5.41, 5.74) is 1.06. The summed E-state index contributed by atoms with van der Waals surface area (Å²) in [5.74, 6) is 0.517. The Hall–Kier alpha value is -1.21. The lowest BCUT2D eigenvalue weighted by Crippen LogP contribution is -2.00. The minimum Gasteiger partial charge on any atom is -0.253 e. The zero-order valence-electron chi connectivity index (χ0n) is 8.06. The molecule has 0 fully saturated rings. The van der Waals surface area contributed by atoms with Gasteiger partial charge in [0.2, 0.25) is 0 Å². The van der Waals surface area contributed by atoms with Crippen LogP contribution in [0.5, 0.6) is 0 Å². The van der Waals surface area contributed by atoms with Gasteiger partial charge in [-0.3, -0.25) is 4.21 Å². The number of hydrogen-bond acceptors (Lipinski definition) is 3. The third kappa shape index (κ3) is 3.27. The fourth-order valence-corrected chi connectivity index (χ4v) is 1.98. The number of pyridine rings is 1. The highest BCUT2D eigenvalue weighted by molar-refractivity contribution is 7.84. The Bertz CT molecular complexity index is 353. The number of nitriles is 1. The van der Waals surface area contributed by atoms with Gasteiger partial charge in [-0.2, -0.15) is 5.26 Å². The molecule has 4 heteroatoms. The molecule has 0 aliphatic rings. The summed E-state index contributed by atoms with van der Waals surface area (Å²) in [4.78, 5) is 4.07. The summed E-state index contributed by atoms with van der Waals surface area (Å²) in [7, 11) is -1.06. The number of rotatable bonds is 4. The molecule has 1 aromatic rings. The van der Waals surface area contributed by atoms with E-state index < -0.39 is 10.8 Å². The zero-order valence-corrected chi connectivity index (χ0v) is 8.88. The first-order chi connectivity index (χ1) is 6.74. The van der Waals surface area contributed by atoms with E-state index in [9.17, 15) is 4.21 Å². The summed E-state index contributed by atoms with van der Waals surface area (Å²) >= 11 is 0. The van der Waals surface area contributed by atoms with Crippen LogP contribution in [0.15, 0.2) is 23.4 Å². The van der Waals surface area contributed by atoms with Gasteiger partial charge in [-0.15, -0.1) is 0 Å². The molecule has 1 atom stereocenters. The molecule has 0 aliphatic carbocycles. The van der Waals surface area contributed by atoms with Crippen LogP contribution in [-0.4, -0.2) is 14.9 Å². The van der Waals surface area contributed by atoms with Crippen molar-refractivity contribution in [3.05, 3.63) is 23.9 Å². The van der Waals surface area contributed by atoms with E-state index in [4.69, 9.17) is 5.26 Å². The van der Waals surface area contributed by atoms with Crippen molar-refractivity contribution in [2.45, 2.75) is 24.8 Å². The number of hydrogen-bond donors (Lipinski definition) is 0. The molecule has 1 aromatic heterocycles. The molecule has 0 saturated heterocycles. The average molecular weight is 208 g/mol. The second kappa shape index (κ2) is 5.51. The van der Waals surface area contributed by atoms with Crippen LogP contribution in [0.4, 0.5) is 0 Å². The molecule has 0 unspecified atom stereocenters. The highest BCUT2D eigenvalue weighted by Crippen LogP contribution is 2.05. The van der Waals surface area contributed by atoms with Gasteiger partial charge in [0.1, 0.15) is 5.03 Å². The average Bonchev–Trinajstić information content (AvgIpc) is 2.19. The van der Waals surface area contributed by atoms with Crippen LogP contribution < -0.4 is 0 Å². The van der Waals surface area contributed by atoms with E-state index in [0.717, 1.165) is 5.56 Å². The van der Waals surface area contributed by atoms with E-state index in [-0.39, 0.29) is 0 Å².